The van der Waals surface area contributed by atoms with Gasteiger partial charge in [0.05, 0.1) is 12.7 Å². The van der Waals surface area contributed by atoms with Crippen molar-refractivity contribution in [1.29, 1.82) is 0 Å². The van der Waals surface area contributed by atoms with E-state index in [4.69, 9.17) is 4.74 Å². The van der Waals surface area contributed by atoms with Crippen molar-refractivity contribution in [2.45, 2.75) is 26.3 Å². The highest BCUT2D eigenvalue weighted by atomic mass is 16.5. The van der Waals surface area contributed by atoms with E-state index in [0.29, 0.717) is 17.2 Å². The predicted molar refractivity (Wildman–Crippen MR) is 80.1 cm³/mol. The van der Waals surface area contributed by atoms with E-state index in [1.807, 2.05) is 31.2 Å². The Labute approximate surface area is 128 Å². The van der Waals surface area contributed by atoms with E-state index in [1.165, 1.54) is 12.7 Å². The molecule has 0 amide bonds. The summed E-state index contributed by atoms with van der Waals surface area (Å²) in [5.41, 5.74) is 3.37. The lowest BCUT2D eigenvalue weighted by Crippen LogP contribution is -2.29. The van der Waals surface area contributed by atoms with Crippen molar-refractivity contribution in [3.05, 3.63) is 46.7 Å². The standard InChI is InChI=1S/C15H17N5O2/c1-4-10-5-7-11(8-6-10)13-12(14(21)22-3)9(2)16-15-17-18-19-20(13)15/h5-8,13H,4H2,1-3H3,(H,16,17,19). The van der Waals surface area contributed by atoms with Gasteiger partial charge in [-0.05, 0) is 34.9 Å². The summed E-state index contributed by atoms with van der Waals surface area (Å²) in [6.07, 6.45) is 0.960. The molecule has 7 nitrogen and oxygen atoms in total. The molecule has 3 rings (SSSR count). The summed E-state index contributed by atoms with van der Waals surface area (Å²) in [6, 6.07) is 7.69. The monoisotopic (exact) mass is 299 g/mol. The van der Waals surface area contributed by atoms with E-state index in [1.54, 1.807) is 4.68 Å². The maximum absolute atomic E-state index is 12.2. The first kappa shape index (κ1) is 14.2. The van der Waals surface area contributed by atoms with Crippen LogP contribution in [-0.4, -0.2) is 33.3 Å². The molecule has 1 unspecified atom stereocenters. The lowest BCUT2D eigenvalue weighted by Gasteiger charge is -2.27. The average molecular weight is 299 g/mol. The molecule has 114 valence electrons. The summed E-state index contributed by atoms with van der Waals surface area (Å²) in [5, 5.41) is 14.7. The number of ether oxygens (including phenoxy) is 1. The van der Waals surface area contributed by atoms with Gasteiger partial charge in [-0.1, -0.05) is 36.3 Å². The zero-order valence-corrected chi connectivity index (χ0v) is 12.7. The van der Waals surface area contributed by atoms with Crippen LogP contribution in [0, 0.1) is 0 Å². The van der Waals surface area contributed by atoms with E-state index in [0.717, 1.165) is 12.0 Å². The lowest BCUT2D eigenvalue weighted by atomic mass is 9.95. The van der Waals surface area contributed by atoms with Crippen LogP contribution in [0.2, 0.25) is 0 Å². The number of nitrogens with one attached hydrogen (secondary N) is 1. The van der Waals surface area contributed by atoms with E-state index in [2.05, 4.69) is 27.8 Å². The highest BCUT2D eigenvalue weighted by Gasteiger charge is 2.34. The van der Waals surface area contributed by atoms with Crippen LogP contribution >= 0.6 is 0 Å². The molecule has 1 atom stereocenters. The van der Waals surface area contributed by atoms with Crippen LogP contribution in [0.15, 0.2) is 35.5 Å². The zero-order valence-electron chi connectivity index (χ0n) is 12.7. The van der Waals surface area contributed by atoms with E-state index in [-0.39, 0.29) is 0 Å². The Balaban J connectivity index is 2.13. The smallest absolute Gasteiger partial charge is 0.338 e. The molecule has 0 spiro atoms. The molecule has 1 N–H and O–H groups in total. The van der Waals surface area contributed by atoms with Crippen LogP contribution in [0.4, 0.5) is 5.95 Å². The number of benzene rings is 1. The third-order valence-corrected chi connectivity index (χ3v) is 3.82. The molecule has 2 aromatic rings. The normalized spacial score (nSPS) is 17.0. The van der Waals surface area contributed by atoms with Gasteiger partial charge in [-0.2, -0.15) is 4.68 Å². The van der Waals surface area contributed by atoms with Crippen LogP contribution in [0.3, 0.4) is 0 Å². The third kappa shape index (κ3) is 2.24. The molecule has 2 heterocycles. The Morgan fingerprint density at radius 3 is 2.73 bits per heavy atom. The van der Waals surface area contributed by atoms with Gasteiger partial charge in [0.15, 0.2) is 0 Å². The Bertz CT molecular complexity index is 733. The fourth-order valence-corrected chi connectivity index (χ4v) is 2.63. The number of fused-ring (bicyclic) bond motifs is 1. The minimum absolute atomic E-state index is 0.393. The number of carbonyl (C=O) groups is 1. The maximum atomic E-state index is 12.2. The largest absolute Gasteiger partial charge is 0.466 e. The molecule has 0 bridgehead atoms. The van der Waals surface area contributed by atoms with Crippen LogP contribution < -0.4 is 5.32 Å². The maximum Gasteiger partial charge on any atom is 0.338 e. The first-order valence-corrected chi connectivity index (χ1v) is 7.08. The second-order valence-electron chi connectivity index (χ2n) is 5.10. The van der Waals surface area contributed by atoms with Crippen molar-refractivity contribution < 1.29 is 9.53 Å². The summed E-state index contributed by atoms with van der Waals surface area (Å²) in [4.78, 5) is 12.2. The summed E-state index contributed by atoms with van der Waals surface area (Å²) in [5.74, 6) is 0.116. The first-order chi connectivity index (χ1) is 10.7. The quantitative estimate of drug-likeness (QED) is 0.869. The molecule has 1 aromatic carbocycles. The number of aromatic nitrogens is 4. The SMILES string of the molecule is CCc1ccc(C2C(C(=O)OC)=C(C)Nc3nnnn32)cc1. The minimum Gasteiger partial charge on any atom is -0.466 e. The zero-order chi connectivity index (χ0) is 15.7. The van der Waals surface area contributed by atoms with Crippen LogP contribution in [-0.2, 0) is 16.0 Å². The minimum atomic E-state index is -0.399. The fraction of sp³-hybridized carbons (Fsp3) is 0.333. The van der Waals surface area contributed by atoms with Crippen molar-refractivity contribution in [2.24, 2.45) is 0 Å². The fourth-order valence-electron chi connectivity index (χ4n) is 2.63. The number of anilines is 1. The Hall–Kier alpha value is -2.70. The summed E-state index contributed by atoms with van der Waals surface area (Å²) in [7, 11) is 1.37. The molecule has 0 radical (unpaired) electrons. The number of nitrogens with zero attached hydrogens (tertiary/aromatic N) is 4. The number of hydrogen-bond donors (Lipinski definition) is 1. The number of esters is 1. The predicted octanol–water partition coefficient (Wildman–Crippen LogP) is 1.70. The number of methoxy groups -OCH3 is 1. The van der Waals surface area contributed by atoms with Gasteiger partial charge in [0, 0.05) is 5.70 Å². The Morgan fingerprint density at radius 1 is 1.36 bits per heavy atom. The average Bonchev–Trinajstić information content (AvgIpc) is 3.00. The van der Waals surface area contributed by atoms with Crippen molar-refractivity contribution in [1.82, 2.24) is 20.2 Å². The number of carbonyl (C=O) groups excluding carboxylic acids is 1. The summed E-state index contributed by atoms with van der Waals surface area (Å²) < 4.78 is 6.53. The highest BCUT2D eigenvalue weighted by Crippen LogP contribution is 2.34. The molecule has 0 fully saturated rings. The van der Waals surface area contributed by atoms with Gasteiger partial charge in [0.1, 0.15) is 6.04 Å². The van der Waals surface area contributed by atoms with E-state index >= 15 is 0 Å². The van der Waals surface area contributed by atoms with E-state index in [9.17, 15) is 4.79 Å². The number of rotatable bonds is 3. The Morgan fingerprint density at radius 2 is 2.09 bits per heavy atom. The van der Waals surface area contributed by atoms with Crippen LogP contribution in [0.1, 0.15) is 31.0 Å². The molecule has 0 saturated heterocycles. The lowest BCUT2D eigenvalue weighted by molar-refractivity contribution is -0.136. The molecule has 1 aromatic heterocycles. The third-order valence-electron chi connectivity index (χ3n) is 3.82. The molecular weight excluding hydrogens is 282 g/mol. The van der Waals surface area contributed by atoms with Gasteiger partial charge in [0.2, 0.25) is 5.95 Å². The van der Waals surface area contributed by atoms with Crippen molar-refractivity contribution >= 4 is 11.9 Å². The van der Waals surface area contributed by atoms with Gasteiger partial charge in [-0.15, -0.1) is 0 Å². The van der Waals surface area contributed by atoms with Crippen molar-refractivity contribution in [3.63, 3.8) is 0 Å². The topological polar surface area (TPSA) is 81.9 Å². The highest BCUT2D eigenvalue weighted by molar-refractivity contribution is 5.92. The molecule has 0 aliphatic carbocycles. The Kier molecular flexibility index (Phi) is 3.62. The number of hydrogen-bond acceptors (Lipinski definition) is 6. The van der Waals surface area contributed by atoms with E-state index < -0.39 is 12.0 Å². The number of aryl methyl sites for hydroxylation is 1. The van der Waals surface area contributed by atoms with Gasteiger partial charge < -0.3 is 10.1 Å². The molecule has 0 saturated carbocycles. The van der Waals surface area contributed by atoms with Gasteiger partial charge in [-0.25, -0.2) is 4.79 Å². The van der Waals surface area contributed by atoms with Crippen molar-refractivity contribution in [3.8, 4) is 0 Å². The molecule has 1 aliphatic heterocycles. The van der Waals surface area contributed by atoms with Gasteiger partial charge in [-0.3, -0.25) is 0 Å². The molecular formula is C15H17N5O2. The molecule has 1 aliphatic rings. The van der Waals surface area contributed by atoms with Gasteiger partial charge >= 0.3 is 5.97 Å². The van der Waals surface area contributed by atoms with Gasteiger partial charge in [0.25, 0.3) is 0 Å². The first-order valence-electron chi connectivity index (χ1n) is 7.08. The summed E-state index contributed by atoms with van der Waals surface area (Å²) in [6.45, 7) is 3.92. The van der Waals surface area contributed by atoms with Crippen molar-refractivity contribution in [2.75, 3.05) is 12.4 Å². The second-order valence-corrected chi connectivity index (χ2v) is 5.10. The molecule has 7 heteroatoms. The summed E-state index contributed by atoms with van der Waals surface area (Å²) >= 11 is 0. The van der Waals surface area contributed by atoms with Crippen LogP contribution in [0.25, 0.3) is 0 Å². The molecule has 22 heavy (non-hydrogen) atoms. The van der Waals surface area contributed by atoms with Crippen LogP contribution in [0.5, 0.6) is 0 Å². The number of tetrazole rings is 1. The second kappa shape index (κ2) is 5.59. The number of allylic oxidation sites excluding steroid dienone is 1.